The third kappa shape index (κ3) is 9.40. The van der Waals surface area contributed by atoms with E-state index in [0.717, 1.165) is 106 Å². The molecular weight excluding hydrogens is 1200 g/mol. The normalized spacial score (nSPS) is 13.0. The fourth-order valence-corrected chi connectivity index (χ4v) is 16.1. The molecule has 0 saturated heterocycles. The molecule has 6 heteroatoms. The Bertz CT molecular complexity index is 6010. The van der Waals surface area contributed by atoms with E-state index >= 15 is 0 Å². The van der Waals surface area contributed by atoms with Crippen molar-refractivity contribution in [2.45, 2.75) is 131 Å². The van der Waals surface area contributed by atoms with Gasteiger partial charge in [-0.1, -0.05) is 237 Å². The topological polar surface area (TPSA) is 48.4 Å². The van der Waals surface area contributed by atoms with Crippen molar-refractivity contribution < 1.29 is 0 Å². The molecule has 0 saturated carbocycles. The van der Waals surface area contributed by atoms with E-state index in [-0.39, 0.29) is 27.1 Å². The summed E-state index contributed by atoms with van der Waals surface area (Å²) in [7, 11) is 0. The van der Waals surface area contributed by atoms with E-state index in [9.17, 15) is 5.26 Å². The van der Waals surface area contributed by atoms with Gasteiger partial charge < -0.3 is 22.8 Å². The minimum absolute atomic E-state index is 0.143. The lowest BCUT2D eigenvalue weighted by atomic mass is 9.86. The summed E-state index contributed by atoms with van der Waals surface area (Å²) in [6.45, 7) is 34.9. The van der Waals surface area contributed by atoms with Gasteiger partial charge in [0.2, 0.25) is 0 Å². The van der Waals surface area contributed by atoms with Crippen LogP contribution in [0.4, 0.5) is 0 Å². The first kappa shape index (κ1) is 61.7. The van der Waals surface area contributed by atoms with Crippen molar-refractivity contribution in [1.29, 1.82) is 5.26 Å². The first-order valence-corrected chi connectivity index (χ1v) is 35.2. The van der Waals surface area contributed by atoms with Crippen LogP contribution >= 0.6 is 0 Å². The molecule has 0 atom stereocenters. The molecule has 0 aliphatic carbocycles. The highest BCUT2D eigenvalue weighted by Gasteiger charge is 2.38. The Morgan fingerprint density at radius 1 is 0.222 bits per heavy atom. The largest absolute Gasteiger partial charge is 0.306 e. The van der Waals surface area contributed by atoms with E-state index in [1.165, 1.54) is 70.9 Å². The second-order valence-corrected chi connectivity index (χ2v) is 33.0. The number of nitrogens with zero attached hydrogens (tertiary/aromatic N) is 6. The van der Waals surface area contributed by atoms with E-state index in [1.807, 2.05) is 12.1 Å². The summed E-state index contributed by atoms with van der Waals surface area (Å²) in [4.78, 5) is 0. The minimum atomic E-state index is -0.145. The lowest BCUT2D eigenvalue weighted by Gasteiger charge is -2.32. The van der Waals surface area contributed by atoms with Gasteiger partial charge in [-0.15, -0.1) is 0 Å². The summed E-state index contributed by atoms with van der Waals surface area (Å²) in [5, 5.41) is 22.6. The van der Waals surface area contributed by atoms with Crippen LogP contribution < -0.4 is 0 Å². The van der Waals surface area contributed by atoms with E-state index in [2.05, 4.69) is 357 Å². The molecule has 486 valence electrons. The predicted molar refractivity (Wildman–Crippen MR) is 422 cm³/mol. The number of benzene rings is 12. The number of hydrogen-bond donors (Lipinski definition) is 0. The van der Waals surface area contributed by atoms with Gasteiger partial charge in [0.25, 0.3) is 0 Å². The molecular formula is C93H84N6. The summed E-state index contributed by atoms with van der Waals surface area (Å²) in [6.07, 6.45) is 0. The van der Waals surface area contributed by atoms with E-state index < -0.39 is 0 Å². The zero-order chi connectivity index (χ0) is 68.7. The minimum Gasteiger partial charge on any atom is -0.306 e. The van der Waals surface area contributed by atoms with Gasteiger partial charge in [0, 0.05) is 59.4 Å². The molecule has 6 nitrogen and oxygen atoms in total. The summed E-state index contributed by atoms with van der Waals surface area (Å²) < 4.78 is 13.3. The number of fused-ring (bicyclic) bond motifs is 15. The summed E-state index contributed by atoms with van der Waals surface area (Å²) in [6, 6.07) is 92.9. The molecule has 0 radical (unpaired) electrons. The van der Waals surface area contributed by atoms with Gasteiger partial charge in [-0.25, -0.2) is 0 Å². The van der Waals surface area contributed by atoms with Crippen molar-refractivity contribution in [1.82, 2.24) is 22.8 Å². The Morgan fingerprint density at radius 2 is 0.424 bits per heavy atom. The van der Waals surface area contributed by atoms with Gasteiger partial charge >= 0.3 is 0 Å². The van der Waals surface area contributed by atoms with Gasteiger partial charge in [0.15, 0.2) is 0 Å². The molecule has 0 unspecified atom stereocenters. The molecule has 99 heavy (non-hydrogen) atoms. The molecule has 0 bridgehead atoms. The molecule has 0 N–H and O–H groups in total. The molecule has 0 aliphatic heterocycles. The van der Waals surface area contributed by atoms with Gasteiger partial charge in [-0.2, -0.15) is 5.26 Å². The summed E-state index contributed by atoms with van der Waals surface area (Å²) >= 11 is 0. The zero-order valence-electron chi connectivity index (χ0n) is 59.7. The Labute approximate surface area is 580 Å². The van der Waals surface area contributed by atoms with Crippen LogP contribution in [0.2, 0.25) is 0 Å². The molecule has 5 heterocycles. The molecule has 0 fully saturated rings. The van der Waals surface area contributed by atoms with Crippen molar-refractivity contribution in [2.75, 3.05) is 0 Å². The first-order chi connectivity index (χ1) is 47.3. The number of nitriles is 1. The molecule has 12 aromatic carbocycles. The van der Waals surface area contributed by atoms with Gasteiger partial charge in [0.05, 0.1) is 95.2 Å². The highest BCUT2D eigenvalue weighted by atomic mass is 15.2. The lowest BCUT2D eigenvalue weighted by Crippen LogP contribution is -2.18. The zero-order valence-corrected chi connectivity index (χ0v) is 59.7. The first-order valence-electron chi connectivity index (χ1n) is 35.2. The number of aromatic nitrogens is 5. The van der Waals surface area contributed by atoms with Gasteiger partial charge in [0.1, 0.15) is 0 Å². The Morgan fingerprint density at radius 3 is 0.646 bits per heavy atom. The van der Waals surface area contributed by atoms with Crippen molar-refractivity contribution in [3.63, 3.8) is 0 Å². The lowest BCUT2D eigenvalue weighted by molar-refractivity contribution is 0.591. The quantitative estimate of drug-likeness (QED) is 0.164. The van der Waals surface area contributed by atoms with Crippen molar-refractivity contribution in [3.8, 4) is 45.6 Å². The maximum atomic E-state index is 10.9. The SMILES string of the molecule is CC(C)(C)c1ccc2c(c1)c1ccccc1n2-c1c(-c2ccc(C#N)cc2)c(-n2c3ccccc3c3cc(C(C)(C)C)ccc32)c(-n2c3ccccc3c3cc(C(C)(C)C)ccc32)c(-n2c3ccccc3c3cc(C(C)(C)C)ccc32)c1-n1c2ccccc2c2cc(C(C)(C)C)ccc21. The highest BCUT2D eigenvalue weighted by molar-refractivity contribution is 6.19. The predicted octanol–water partition coefficient (Wildman–Crippen LogP) is 25.2. The highest BCUT2D eigenvalue weighted by Crippen LogP contribution is 2.55. The second-order valence-electron chi connectivity index (χ2n) is 33.0. The maximum absolute atomic E-state index is 10.9. The Hall–Kier alpha value is -10.9. The van der Waals surface area contributed by atoms with Gasteiger partial charge in [-0.3, -0.25) is 0 Å². The third-order valence-electron chi connectivity index (χ3n) is 21.5. The van der Waals surface area contributed by atoms with Crippen LogP contribution in [0.1, 0.15) is 137 Å². The molecule has 0 amide bonds. The number of rotatable bonds is 6. The number of para-hydroxylation sites is 5. The third-order valence-corrected chi connectivity index (χ3v) is 21.5. The van der Waals surface area contributed by atoms with Crippen molar-refractivity contribution in [2.24, 2.45) is 0 Å². The van der Waals surface area contributed by atoms with E-state index in [1.54, 1.807) is 0 Å². The number of hydrogen-bond acceptors (Lipinski definition) is 1. The van der Waals surface area contributed by atoms with Crippen molar-refractivity contribution in [3.05, 3.63) is 270 Å². The van der Waals surface area contributed by atoms with Crippen LogP contribution in [0.3, 0.4) is 0 Å². The van der Waals surface area contributed by atoms with Crippen LogP contribution in [0, 0.1) is 11.3 Å². The van der Waals surface area contributed by atoms with Crippen LogP contribution in [0.15, 0.2) is 237 Å². The average Bonchev–Trinajstić information content (AvgIpc) is 1.57. The fourth-order valence-electron chi connectivity index (χ4n) is 16.1. The van der Waals surface area contributed by atoms with Gasteiger partial charge in [-0.05, 0) is 164 Å². The Kier molecular flexibility index (Phi) is 13.4. The smallest absolute Gasteiger partial charge is 0.0991 e. The van der Waals surface area contributed by atoms with Crippen LogP contribution in [-0.4, -0.2) is 22.8 Å². The molecule has 17 rings (SSSR count). The standard InChI is InChI=1S/C93H84N6/c1-89(2,3)58-40-45-78-68(50-58)63-26-16-21-31-73(63)95(78)84-83(57-38-36-56(55-94)37-39-57)85(96-74-32-22-17-27-64(74)69-51-59(90(4,5)6)41-46-79(69)96)87(98-76-34-24-19-29-66(76)71-53-61(92(10,11)12)43-48-81(71)98)88(99-77-35-25-20-30-67(77)72-54-62(93(13,14)15)44-49-82(72)99)86(84)97-75-33-23-18-28-65(75)70-52-60(91(7,8)9)42-47-80(70)97/h16-54H,1-15H3. The average molecular weight is 1290 g/mol. The van der Waals surface area contributed by atoms with E-state index in [4.69, 9.17) is 0 Å². The molecule has 5 aromatic heterocycles. The van der Waals surface area contributed by atoms with E-state index in [0.29, 0.717) is 5.56 Å². The maximum Gasteiger partial charge on any atom is 0.0991 e. The van der Waals surface area contributed by atoms with Crippen molar-refractivity contribution >= 4 is 109 Å². The van der Waals surface area contributed by atoms with Crippen LogP contribution in [0.25, 0.3) is 149 Å². The van der Waals surface area contributed by atoms with Crippen LogP contribution in [0.5, 0.6) is 0 Å². The fraction of sp³-hybridized carbons (Fsp3) is 0.215. The monoisotopic (exact) mass is 1280 g/mol. The summed E-state index contributed by atoms with van der Waals surface area (Å²) in [5.41, 5.74) is 24.0. The second kappa shape index (κ2) is 21.6. The van der Waals surface area contributed by atoms with Crippen LogP contribution in [-0.2, 0) is 27.1 Å². The molecule has 0 aliphatic rings. The summed E-state index contributed by atoms with van der Waals surface area (Å²) in [5.74, 6) is 0. The molecule has 0 spiro atoms. The molecule has 17 aromatic rings. The Balaban J connectivity index is 1.28.